The Bertz CT molecular complexity index is 943. The number of nitrogens with zero attached hydrogens (tertiary/aromatic N) is 2. The zero-order chi connectivity index (χ0) is 37.4. The maximum atomic E-state index is 14.4. The Labute approximate surface area is 308 Å². The SMILES string of the molecule is CCCCCCCON1C(C)(C)CC(OC(=O)C(CCCCCCCC(=O)O)C2CC(C)(C)N(OCCCCCCC)C(C)(C)C2)CC1(C)C. The smallest absolute Gasteiger partial charge is 0.309 e. The van der Waals surface area contributed by atoms with Crippen LogP contribution in [0.4, 0.5) is 0 Å². The highest BCUT2D eigenvalue weighted by molar-refractivity contribution is 5.73. The van der Waals surface area contributed by atoms with E-state index in [1.165, 1.54) is 51.4 Å². The molecule has 0 radical (unpaired) electrons. The second-order valence-electron chi connectivity index (χ2n) is 18.3. The summed E-state index contributed by atoms with van der Waals surface area (Å²) in [5.74, 6) is -0.746. The van der Waals surface area contributed by atoms with E-state index in [-0.39, 0.29) is 52.5 Å². The number of hydrogen-bond donors (Lipinski definition) is 1. The van der Waals surface area contributed by atoms with E-state index in [4.69, 9.17) is 19.5 Å². The predicted molar refractivity (Wildman–Crippen MR) is 205 cm³/mol. The van der Waals surface area contributed by atoms with Crippen LogP contribution in [-0.2, 0) is 24.0 Å². The van der Waals surface area contributed by atoms with Gasteiger partial charge in [-0.1, -0.05) is 90.9 Å². The number of carbonyl (C=O) groups is 2. The minimum atomic E-state index is -0.726. The van der Waals surface area contributed by atoms with Crippen LogP contribution in [0.5, 0.6) is 0 Å². The first-order chi connectivity index (χ1) is 23.5. The number of piperidine rings is 2. The highest BCUT2D eigenvalue weighted by Crippen LogP contribution is 2.46. The van der Waals surface area contributed by atoms with E-state index >= 15 is 0 Å². The number of ether oxygens (including phenoxy) is 1. The van der Waals surface area contributed by atoms with Gasteiger partial charge in [-0.25, -0.2) is 0 Å². The van der Waals surface area contributed by atoms with Crippen molar-refractivity contribution in [3.05, 3.63) is 0 Å². The molecule has 2 aliphatic heterocycles. The second kappa shape index (κ2) is 21.5. The number of carboxylic acids is 1. The molecule has 50 heavy (non-hydrogen) atoms. The third-order valence-corrected chi connectivity index (χ3v) is 11.2. The predicted octanol–water partition coefficient (Wildman–Crippen LogP) is 11.1. The van der Waals surface area contributed by atoms with Crippen LogP contribution in [0.15, 0.2) is 0 Å². The van der Waals surface area contributed by atoms with Crippen molar-refractivity contribution in [1.29, 1.82) is 0 Å². The normalized spacial score (nSPS) is 21.6. The first-order valence-electron chi connectivity index (χ1n) is 20.8. The number of hydrogen-bond acceptors (Lipinski definition) is 7. The van der Waals surface area contributed by atoms with Crippen LogP contribution >= 0.6 is 0 Å². The molecule has 2 rings (SSSR count). The Balaban J connectivity index is 2.13. The maximum absolute atomic E-state index is 14.4. The first kappa shape index (κ1) is 44.9. The number of carboxylic acid groups (broad SMARTS) is 1. The van der Waals surface area contributed by atoms with E-state index in [1.54, 1.807) is 0 Å². The van der Waals surface area contributed by atoms with Gasteiger partial charge in [-0.05, 0) is 99.8 Å². The standard InChI is InChI=1S/C42H80N2O6/c1-11-13-15-20-24-28-48-43-39(3,4)30-34(31-40(43,5)6)36(26-22-18-17-19-23-27-37(45)46)38(47)50-35-32-41(7,8)44(42(9,10)33-35)49-29-25-21-16-14-12-2/h34-36H,11-33H2,1-10H3,(H,45,46). The summed E-state index contributed by atoms with van der Waals surface area (Å²) in [6, 6.07) is 0. The van der Waals surface area contributed by atoms with Crippen molar-refractivity contribution < 1.29 is 29.1 Å². The quantitative estimate of drug-likeness (QED) is 0.0740. The number of unbranched alkanes of at least 4 members (excludes halogenated alkanes) is 12. The fourth-order valence-electron chi connectivity index (χ4n) is 9.27. The molecule has 0 aliphatic carbocycles. The summed E-state index contributed by atoms with van der Waals surface area (Å²) in [6.45, 7) is 23.9. The van der Waals surface area contributed by atoms with E-state index in [1.807, 2.05) is 0 Å². The molecular formula is C42H80N2O6. The molecule has 0 saturated carbocycles. The van der Waals surface area contributed by atoms with Gasteiger partial charge < -0.3 is 9.84 Å². The van der Waals surface area contributed by atoms with Crippen LogP contribution in [0.25, 0.3) is 0 Å². The molecule has 2 heterocycles. The van der Waals surface area contributed by atoms with Gasteiger partial charge in [-0.2, -0.15) is 10.1 Å². The Hall–Kier alpha value is -1.22. The largest absolute Gasteiger partial charge is 0.481 e. The van der Waals surface area contributed by atoms with Crippen molar-refractivity contribution in [3.63, 3.8) is 0 Å². The molecule has 0 aromatic carbocycles. The Morgan fingerprint density at radius 3 is 1.46 bits per heavy atom. The van der Waals surface area contributed by atoms with E-state index in [0.717, 1.165) is 83.8 Å². The van der Waals surface area contributed by atoms with Crippen LogP contribution in [0.2, 0.25) is 0 Å². The Morgan fingerprint density at radius 2 is 1.00 bits per heavy atom. The second-order valence-corrected chi connectivity index (χ2v) is 18.3. The number of rotatable bonds is 25. The first-order valence-corrected chi connectivity index (χ1v) is 20.8. The molecule has 294 valence electrons. The molecule has 1 unspecified atom stereocenters. The third-order valence-electron chi connectivity index (χ3n) is 11.2. The third kappa shape index (κ3) is 15.0. The van der Waals surface area contributed by atoms with Crippen molar-refractivity contribution >= 4 is 11.9 Å². The van der Waals surface area contributed by atoms with Gasteiger partial charge in [0.05, 0.1) is 19.1 Å². The summed E-state index contributed by atoms with van der Waals surface area (Å²) in [4.78, 5) is 38.3. The molecule has 8 heteroatoms. The lowest BCUT2D eigenvalue weighted by molar-refractivity contribution is -0.295. The summed E-state index contributed by atoms with van der Waals surface area (Å²) in [7, 11) is 0. The number of esters is 1. The van der Waals surface area contributed by atoms with Gasteiger partial charge in [0.1, 0.15) is 6.10 Å². The molecule has 0 spiro atoms. The minimum absolute atomic E-state index is 0.0420. The van der Waals surface area contributed by atoms with Crippen LogP contribution in [-0.4, -0.2) is 68.6 Å². The van der Waals surface area contributed by atoms with Gasteiger partial charge in [0.25, 0.3) is 0 Å². The zero-order valence-corrected chi connectivity index (χ0v) is 34.4. The van der Waals surface area contributed by atoms with Crippen molar-refractivity contribution in [1.82, 2.24) is 10.1 Å². The summed E-state index contributed by atoms with van der Waals surface area (Å²) < 4.78 is 6.56. The van der Waals surface area contributed by atoms with Gasteiger partial charge >= 0.3 is 11.9 Å². The van der Waals surface area contributed by atoms with Crippen molar-refractivity contribution in [2.45, 2.75) is 232 Å². The molecule has 1 atom stereocenters. The highest BCUT2D eigenvalue weighted by atomic mass is 16.7. The summed E-state index contributed by atoms with van der Waals surface area (Å²) in [5.41, 5.74) is -0.946. The Kier molecular flexibility index (Phi) is 19.3. The van der Waals surface area contributed by atoms with Gasteiger partial charge in [0.15, 0.2) is 0 Å². The summed E-state index contributed by atoms with van der Waals surface area (Å²) in [6.07, 6.45) is 20.8. The van der Waals surface area contributed by atoms with E-state index in [9.17, 15) is 9.59 Å². The number of hydroxylamine groups is 4. The molecule has 0 bridgehead atoms. The lowest BCUT2D eigenvalue weighted by Crippen LogP contribution is -2.62. The number of carbonyl (C=O) groups excluding carboxylic acids is 1. The van der Waals surface area contributed by atoms with Gasteiger partial charge in [0.2, 0.25) is 0 Å². The summed E-state index contributed by atoms with van der Waals surface area (Å²) in [5, 5.41) is 13.4. The molecule has 2 aliphatic rings. The van der Waals surface area contributed by atoms with Crippen molar-refractivity contribution in [3.8, 4) is 0 Å². The lowest BCUT2D eigenvalue weighted by Gasteiger charge is -2.55. The average Bonchev–Trinajstić information content (AvgIpc) is 2.98. The van der Waals surface area contributed by atoms with Crippen LogP contribution < -0.4 is 0 Å². The van der Waals surface area contributed by atoms with Gasteiger partial charge in [0, 0.05) is 41.4 Å². The van der Waals surface area contributed by atoms with E-state index in [0.29, 0.717) is 6.42 Å². The van der Waals surface area contributed by atoms with Gasteiger partial charge in [-0.15, -0.1) is 0 Å². The molecule has 0 aromatic heterocycles. The van der Waals surface area contributed by atoms with Gasteiger partial charge in [-0.3, -0.25) is 19.3 Å². The highest BCUT2D eigenvalue weighted by Gasteiger charge is 2.51. The maximum Gasteiger partial charge on any atom is 0.309 e. The molecule has 1 N–H and O–H groups in total. The zero-order valence-electron chi connectivity index (χ0n) is 34.4. The Morgan fingerprint density at radius 1 is 0.600 bits per heavy atom. The minimum Gasteiger partial charge on any atom is -0.481 e. The van der Waals surface area contributed by atoms with Crippen molar-refractivity contribution in [2.24, 2.45) is 11.8 Å². The molecule has 2 saturated heterocycles. The molecule has 8 nitrogen and oxygen atoms in total. The van der Waals surface area contributed by atoms with Crippen LogP contribution in [0.1, 0.15) is 204 Å². The molecule has 0 aromatic rings. The molecule has 0 amide bonds. The van der Waals surface area contributed by atoms with Crippen molar-refractivity contribution in [2.75, 3.05) is 13.2 Å². The lowest BCUT2D eigenvalue weighted by atomic mass is 9.69. The monoisotopic (exact) mass is 709 g/mol. The van der Waals surface area contributed by atoms with E-state index in [2.05, 4.69) is 79.4 Å². The average molecular weight is 709 g/mol. The summed E-state index contributed by atoms with van der Waals surface area (Å²) >= 11 is 0. The fourth-order valence-corrected chi connectivity index (χ4v) is 9.27. The number of aliphatic carboxylic acids is 1. The van der Waals surface area contributed by atoms with Crippen LogP contribution in [0.3, 0.4) is 0 Å². The molecule has 2 fully saturated rings. The fraction of sp³-hybridized carbons (Fsp3) is 0.952. The van der Waals surface area contributed by atoms with Crippen LogP contribution in [0, 0.1) is 11.8 Å². The molecular weight excluding hydrogens is 628 g/mol. The van der Waals surface area contributed by atoms with E-state index < -0.39 is 5.97 Å². The topological polar surface area (TPSA) is 88.5 Å².